The van der Waals surface area contributed by atoms with Crippen molar-refractivity contribution < 1.29 is 38.7 Å². The Hall–Kier alpha value is -4.13. The molecule has 0 saturated carbocycles. The van der Waals surface area contributed by atoms with Gasteiger partial charge in [0.05, 0.1) is 6.04 Å². The Kier molecular flexibility index (Phi) is 18.8. The minimum absolute atomic E-state index is 0.0345. The van der Waals surface area contributed by atoms with Gasteiger partial charge in [0.15, 0.2) is 5.96 Å². The molecule has 44 heavy (non-hydrogen) atoms. The molecule has 0 fully saturated rings. The summed E-state index contributed by atoms with van der Waals surface area (Å²) in [6, 6.07) is -5.82. The summed E-state index contributed by atoms with van der Waals surface area (Å²) in [5, 5.41) is 20.8. The normalized spacial score (nSPS) is 14.8. The molecule has 0 radical (unpaired) electrons. The van der Waals surface area contributed by atoms with Gasteiger partial charge in [0, 0.05) is 18.7 Å². The number of thiol groups is 1. The first-order valence-corrected chi connectivity index (χ1v) is 14.6. The number of rotatable bonds is 21. The molecule has 0 saturated heterocycles. The van der Waals surface area contributed by atoms with Gasteiger partial charge in [-0.05, 0) is 32.1 Å². The highest BCUT2D eigenvalue weighted by Crippen LogP contribution is 2.07. The lowest BCUT2D eigenvalue weighted by molar-refractivity contribution is -0.138. The summed E-state index contributed by atoms with van der Waals surface area (Å²) in [7, 11) is 0. The summed E-state index contributed by atoms with van der Waals surface area (Å²) in [4.78, 5) is 89.8. The van der Waals surface area contributed by atoms with Gasteiger partial charge in [0.2, 0.25) is 35.4 Å². The number of aliphatic carboxylic acids is 1. The van der Waals surface area contributed by atoms with E-state index < -0.39 is 78.2 Å². The first-order chi connectivity index (χ1) is 20.5. The third-order valence-corrected chi connectivity index (χ3v) is 6.80. The Morgan fingerprint density at radius 2 is 1.34 bits per heavy atom. The predicted molar refractivity (Wildman–Crippen MR) is 164 cm³/mol. The van der Waals surface area contributed by atoms with Crippen LogP contribution in [0.2, 0.25) is 0 Å². The second-order valence-electron chi connectivity index (χ2n) is 10.1. The van der Waals surface area contributed by atoms with Crippen LogP contribution in [-0.2, 0) is 33.6 Å². The third kappa shape index (κ3) is 15.9. The number of carbonyl (C=O) groups excluding carboxylic acids is 6. The Morgan fingerprint density at radius 3 is 1.86 bits per heavy atom. The zero-order valence-corrected chi connectivity index (χ0v) is 26.0. The first-order valence-electron chi connectivity index (χ1n) is 13.9. The van der Waals surface area contributed by atoms with Crippen molar-refractivity contribution in [2.45, 2.75) is 83.1 Å². The number of hydrogen-bond donors (Lipinski definition) is 11. The predicted octanol–water partition coefficient (Wildman–Crippen LogP) is -4.23. The van der Waals surface area contributed by atoms with E-state index in [-0.39, 0.29) is 49.9 Å². The standard InChI is InChI=1S/C25H46N10O8S/c1-4-12(2)19(27)24(43)34-15(7-8-17(26)36)22(41)32-13(3)20(39)35-16(11-44)23(42)33-14(6-5-9-30-25(28)29)21(40)31-10-18(37)38/h12-16,19,44H,4-11,27H2,1-3H3,(H2,26,36)(H,31,40)(H,32,41)(H,33,42)(H,34,43)(H,35,39)(H,37,38)(H4,28,29,30)/t12-,13-,14-,15-,16-,19-/m0/s1. The van der Waals surface area contributed by atoms with Crippen molar-refractivity contribution in [2.75, 3.05) is 18.8 Å². The lowest BCUT2D eigenvalue weighted by Crippen LogP contribution is -2.59. The average molecular weight is 647 g/mol. The lowest BCUT2D eigenvalue weighted by Gasteiger charge is -2.25. The highest BCUT2D eigenvalue weighted by molar-refractivity contribution is 7.80. The molecule has 0 spiro atoms. The van der Waals surface area contributed by atoms with Crippen LogP contribution in [-0.4, -0.2) is 102 Å². The molecular formula is C25H46N10O8S. The van der Waals surface area contributed by atoms with Crippen LogP contribution in [0.5, 0.6) is 0 Å². The summed E-state index contributed by atoms with van der Waals surface area (Å²) < 4.78 is 0. The van der Waals surface area contributed by atoms with E-state index in [1.165, 1.54) is 6.92 Å². The monoisotopic (exact) mass is 646 g/mol. The molecular weight excluding hydrogens is 600 g/mol. The van der Waals surface area contributed by atoms with E-state index in [0.29, 0.717) is 6.42 Å². The molecule has 0 unspecified atom stereocenters. The number of nitrogens with one attached hydrogen (secondary N) is 5. The fourth-order valence-electron chi connectivity index (χ4n) is 3.54. The number of carbonyl (C=O) groups is 7. The highest BCUT2D eigenvalue weighted by Gasteiger charge is 2.30. The van der Waals surface area contributed by atoms with Crippen LogP contribution < -0.4 is 49.5 Å². The van der Waals surface area contributed by atoms with E-state index in [2.05, 4.69) is 44.2 Å². The second kappa shape index (κ2) is 20.7. The number of nitrogens with two attached hydrogens (primary N) is 4. The number of hydrogen-bond acceptors (Lipinski definition) is 10. The molecule has 0 aromatic rings. The summed E-state index contributed by atoms with van der Waals surface area (Å²) >= 11 is 4.09. The van der Waals surface area contributed by atoms with Gasteiger partial charge in [-0.1, -0.05) is 20.3 Å². The van der Waals surface area contributed by atoms with Gasteiger partial charge in [0.1, 0.15) is 30.7 Å². The van der Waals surface area contributed by atoms with E-state index in [9.17, 15) is 33.6 Å². The van der Waals surface area contributed by atoms with Crippen LogP contribution in [0.25, 0.3) is 0 Å². The van der Waals surface area contributed by atoms with Crippen molar-refractivity contribution in [3.63, 3.8) is 0 Å². The summed E-state index contributed by atoms with van der Waals surface area (Å²) in [5.74, 6) is -6.37. The van der Waals surface area contributed by atoms with Crippen molar-refractivity contribution in [1.82, 2.24) is 26.6 Å². The highest BCUT2D eigenvalue weighted by atomic mass is 32.1. The van der Waals surface area contributed by atoms with Crippen LogP contribution >= 0.6 is 12.6 Å². The van der Waals surface area contributed by atoms with Gasteiger partial charge in [-0.3, -0.25) is 38.6 Å². The van der Waals surface area contributed by atoms with Gasteiger partial charge in [-0.15, -0.1) is 0 Å². The number of carboxylic acid groups (broad SMARTS) is 1. The van der Waals surface area contributed by atoms with Crippen molar-refractivity contribution in [3.8, 4) is 0 Å². The van der Waals surface area contributed by atoms with E-state index in [1.807, 2.05) is 6.92 Å². The topological polar surface area (TPSA) is 316 Å². The molecule has 0 aliphatic heterocycles. The number of carboxylic acids is 1. The SMILES string of the molecule is CC[C@H](C)[C@H](N)C(=O)N[C@@H](CCC(N)=O)C(=O)N[C@@H](C)C(=O)N[C@@H](CS)C(=O)N[C@@H](CCCN=C(N)N)C(=O)NCC(=O)O. The summed E-state index contributed by atoms with van der Waals surface area (Å²) in [6.45, 7) is 4.38. The van der Waals surface area contributed by atoms with Crippen LogP contribution in [0.4, 0.5) is 0 Å². The average Bonchev–Trinajstić information content (AvgIpc) is 2.96. The third-order valence-electron chi connectivity index (χ3n) is 6.43. The summed E-state index contributed by atoms with van der Waals surface area (Å²) in [5.41, 5.74) is 21.7. The summed E-state index contributed by atoms with van der Waals surface area (Å²) in [6.07, 6.45) is 0.513. The Balaban J connectivity index is 5.47. The van der Waals surface area contributed by atoms with Crippen LogP contribution in [0.15, 0.2) is 4.99 Å². The molecule has 6 amide bonds. The molecule has 0 aromatic heterocycles. The van der Waals surface area contributed by atoms with E-state index in [0.717, 1.165) is 0 Å². The Morgan fingerprint density at radius 1 is 0.795 bits per heavy atom. The van der Waals surface area contributed by atoms with Gasteiger partial charge < -0.3 is 54.6 Å². The van der Waals surface area contributed by atoms with Gasteiger partial charge >= 0.3 is 5.97 Å². The van der Waals surface area contributed by atoms with Crippen LogP contribution in [0, 0.1) is 5.92 Å². The fraction of sp³-hybridized carbons (Fsp3) is 0.680. The fourth-order valence-corrected chi connectivity index (χ4v) is 3.79. The molecule has 0 bridgehead atoms. The van der Waals surface area contributed by atoms with Crippen molar-refractivity contribution in [2.24, 2.45) is 33.8 Å². The molecule has 0 aliphatic carbocycles. The molecule has 19 heteroatoms. The molecule has 0 heterocycles. The smallest absolute Gasteiger partial charge is 0.322 e. The largest absolute Gasteiger partial charge is 0.480 e. The first kappa shape index (κ1) is 39.9. The molecule has 18 nitrogen and oxygen atoms in total. The zero-order valence-electron chi connectivity index (χ0n) is 25.1. The molecule has 0 aromatic carbocycles. The van der Waals surface area contributed by atoms with Gasteiger partial charge in [0.25, 0.3) is 0 Å². The van der Waals surface area contributed by atoms with Gasteiger partial charge in [-0.2, -0.15) is 12.6 Å². The molecule has 0 rings (SSSR count). The number of aliphatic imine (C=N–C) groups is 1. The number of primary amides is 1. The number of amides is 6. The molecule has 14 N–H and O–H groups in total. The van der Waals surface area contributed by atoms with Crippen LogP contribution in [0.3, 0.4) is 0 Å². The van der Waals surface area contributed by atoms with E-state index in [1.54, 1.807) is 6.92 Å². The second-order valence-corrected chi connectivity index (χ2v) is 10.4. The lowest BCUT2D eigenvalue weighted by atomic mass is 9.98. The van der Waals surface area contributed by atoms with Crippen LogP contribution in [0.1, 0.15) is 52.9 Å². The maximum Gasteiger partial charge on any atom is 0.322 e. The van der Waals surface area contributed by atoms with Crippen molar-refractivity contribution >= 4 is 60.0 Å². The zero-order chi connectivity index (χ0) is 34.0. The Bertz CT molecular complexity index is 1060. The minimum atomic E-state index is -1.30. The quantitative estimate of drug-likeness (QED) is 0.0246. The minimum Gasteiger partial charge on any atom is -0.480 e. The Labute approximate surface area is 261 Å². The van der Waals surface area contributed by atoms with Crippen molar-refractivity contribution in [3.05, 3.63) is 0 Å². The number of guanidine groups is 1. The molecule has 250 valence electrons. The molecule has 0 aliphatic rings. The van der Waals surface area contributed by atoms with Crippen molar-refractivity contribution in [1.29, 1.82) is 0 Å². The maximum atomic E-state index is 13.0. The maximum absolute atomic E-state index is 13.0. The molecule has 6 atom stereocenters. The van der Waals surface area contributed by atoms with Gasteiger partial charge in [-0.25, -0.2) is 0 Å². The van der Waals surface area contributed by atoms with E-state index in [4.69, 9.17) is 28.0 Å². The van der Waals surface area contributed by atoms with E-state index >= 15 is 0 Å². The number of nitrogens with zero attached hydrogens (tertiary/aromatic N) is 1.